The second kappa shape index (κ2) is 13.3. The van der Waals surface area contributed by atoms with Gasteiger partial charge in [0, 0.05) is 31.7 Å². The molecule has 2 aromatic carbocycles. The minimum atomic E-state index is 0. The van der Waals surface area contributed by atoms with Gasteiger partial charge in [-0.05, 0) is 25.0 Å². The van der Waals surface area contributed by atoms with Gasteiger partial charge in [0.2, 0.25) is 0 Å². The molecule has 1 aliphatic rings. The molecular weight excluding hydrogens is 543 g/mol. The molecule has 0 bridgehead atoms. The number of aryl methyl sites for hydroxylation is 1. The molecule has 9 heteroatoms. The van der Waals surface area contributed by atoms with E-state index in [1.807, 2.05) is 41.1 Å². The number of nitrogens with zero attached hydrogens (tertiary/aromatic N) is 4. The van der Waals surface area contributed by atoms with Crippen molar-refractivity contribution in [3.8, 4) is 5.75 Å². The summed E-state index contributed by atoms with van der Waals surface area (Å²) >= 11 is 0. The zero-order chi connectivity index (χ0) is 22.9. The normalized spacial score (nSPS) is 15.2. The molecule has 0 aliphatic carbocycles. The first-order valence-electron chi connectivity index (χ1n) is 11.5. The summed E-state index contributed by atoms with van der Waals surface area (Å²) < 4.78 is 13.2. The van der Waals surface area contributed by atoms with Gasteiger partial charge in [0.15, 0.2) is 11.8 Å². The third kappa shape index (κ3) is 7.17. The molecule has 8 nitrogen and oxygen atoms in total. The van der Waals surface area contributed by atoms with E-state index in [0.717, 1.165) is 60.4 Å². The monoisotopic (exact) mass is 576 g/mol. The second-order valence-corrected chi connectivity index (χ2v) is 8.02. The number of ether oxygens (including phenoxy) is 2. The van der Waals surface area contributed by atoms with E-state index in [1.54, 1.807) is 7.11 Å². The van der Waals surface area contributed by atoms with Gasteiger partial charge in [0.25, 0.3) is 0 Å². The maximum atomic E-state index is 6.09. The van der Waals surface area contributed by atoms with Crippen molar-refractivity contribution < 1.29 is 9.47 Å². The van der Waals surface area contributed by atoms with Crippen molar-refractivity contribution in [1.82, 2.24) is 25.4 Å². The van der Waals surface area contributed by atoms with Gasteiger partial charge in [-0.2, -0.15) is 5.10 Å². The quantitative estimate of drug-likeness (QED) is 0.230. The summed E-state index contributed by atoms with van der Waals surface area (Å²) in [6, 6.07) is 18.5. The molecular formula is C25H33IN6O2. The van der Waals surface area contributed by atoms with Gasteiger partial charge in [-0.3, -0.25) is 0 Å². The van der Waals surface area contributed by atoms with E-state index in [0.29, 0.717) is 19.8 Å². The lowest BCUT2D eigenvalue weighted by atomic mass is 10.1. The number of fused-ring (bicyclic) bond motifs is 1. The van der Waals surface area contributed by atoms with Crippen molar-refractivity contribution in [1.29, 1.82) is 0 Å². The number of aromatic nitrogens is 3. The van der Waals surface area contributed by atoms with Gasteiger partial charge in [-0.15, -0.1) is 24.0 Å². The third-order valence-electron chi connectivity index (χ3n) is 5.48. The molecule has 0 radical (unpaired) electrons. The van der Waals surface area contributed by atoms with Crippen LogP contribution < -0.4 is 15.4 Å². The van der Waals surface area contributed by atoms with Crippen molar-refractivity contribution >= 4 is 29.9 Å². The lowest BCUT2D eigenvalue weighted by Gasteiger charge is -2.25. The van der Waals surface area contributed by atoms with Crippen LogP contribution in [-0.2, 0) is 37.5 Å². The maximum absolute atomic E-state index is 6.09. The fraction of sp³-hybridized carbons (Fsp3) is 0.400. The third-order valence-corrected chi connectivity index (χ3v) is 5.48. The number of nitrogens with one attached hydrogen (secondary N) is 2. The standard InChI is InChI=1S/C25H32N6O2.HI/c1-3-26-25(28-21-13-14-24-29-23(18-32-2)30-31(24)16-21)27-15-20-11-7-8-12-22(20)33-17-19-9-5-4-6-10-19;/h4-12,21H,3,13-18H2,1-2H3,(H2,26,27,28);1H. The van der Waals surface area contributed by atoms with E-state index >= 15 is 0 Å². The molecule has 0 saturated carbocycles. The topological polar surface area (TPSA) is 85.6 Å². The molecule has 0 fully saturated rings. The maximum Gasteiger partial charge on any atom is 0.191 e. The van der Waals surface area contributed by atoms with E-state index in [4.69, 9.17) is 14.5 Å². The Bertz CT molecular complexity index is 1060. The fourth-order valence-corrected chi connectivity index (χ4v) is 3.86. The number of methoxy groups -OCH3 is 1. The van der Waals surface area contributed by atoms with E-state index in [-0.39, 0.29) is 30.0 Å². The number of rotatable bonds is 9. The zero-order valence-electron chi connectivity index (χ0n) is 19.7. The summed E-state index contributed by atoms with van der Waals surface area (Å²) in [5, 5.41) is 11.5. The molecule has 3 aromatic rings. The summed E-state index contributed by atoms with van der Waals surface area (Å²) in [5.41, 5.74) is 2.20. The number of guanidine groups is 1. The van der Waals surface area contributed by atoms with E-state index in [1.165, 1.54) is 0 Å². The van der Waals surface area contributed by atoms with Gasteiger partial charge in [0.1, 0.15) is 24.8 Å². The first-order chi connectivity index (χ1) is 16.2. The molecule has 182 valence electrons. The molecule has 2 heterocycles. The number of aliphatic imine (C=N–C) groups is 1. The lowest BCUT2D eigenvalue weighted by Crippen LogP contribution is -2.47. The van der Waals surface area contributed by atoms with Crippen molar-refractivity contribution in [2.24, 2.45) is 4.99 Å². The fourth-order valence-electron chi connectivity index (χ4n) is 3.86. The minimum absolute atomic E-state index is 0. The van der Waals surface area contributed by atoms with E-state index in [9.17, 15) is 0 Å². The Kier molecular flexibility index (Phi) is 10.1. The zero-order valence-corrected chi connectivity index (χ0v) is 22.1. The average Bonchev–Trinajstić information content (AvgIpc) is 3.24. The molecule has 34 heavy (non-hydrogen) atoms. The number of para-hydroxylation sites is 1. The number of hydrogen-bond donors (Lipinski definition) is 2. The number of halogens is 1. The summed E-state index contributed by atoms with van der Waals surface area (Å²) in [4.78, 5) is 9.39. The van der Waals surface area contributed by atoms with Crippen LogP contribution in [0.1, 0.15) is 36.1 Å². The predicted octanol–water partition coefficient (Wildman–Crippen LogP) is 3.69. The Morgan fingerprint density at radius 2 is 1.91 bits per heavy atom. The largest absolute Gasteiger partial charge is 0.489 e. The average molecular weight is 576 g/mol. The minimum Gasteiger partial charge on any atom is -0.489 e. The Hall–Kier alpha value is -2.66. The van der Waals surface area contributed by atoms with Gasteiger partial charge < -0.3 is 20.1 Å². The van der Waals surface area contributed by atoms with Crippen molar-refractivity contribution in [3.05, 3.63) is 77.4 Å². The van der Waals surface area contributed by atoms with Crippen LogP contribution in [0.5, 0.6) is 5.75 Å². The van der Waals surface area contributed by atoms with Crippen LogP contribution in [0.25, 0.3) is 0 Å². The number of hydrogen-bond acceptors (Lipinski definition) is 5. The van der Waals surface area contributed by atoms with Crippen molar-refractivity contribution in [3.63, 3.8) is 0 Å². The number of benzene rings is 2. The van der Waals surface area contributed by atoms with Gasteiger partial charge in [-0.1, -0.05) is 48.5 Å². The summed E-state index contributed by atoms with van der Waals surface area (Å²) in [6.07, 6.45) is 1.86. The molecule has 1 aliphatic heterocycles. The van der Waals surface area contributed by atoms with Crippen molar-refractivity contribution in [2.45, 2.75) is 52.1 Å². The molecule has 1 aromatic heterocycles. The Morgan fingerprint density at radius 1 is 1.12 bits per heavy atom. The Labute approximate surface area is 218 Å². The SMILES string of the molecule is CCNC(=NCc1ccccc1OCc1ccccc1)NC1CCc2nc(COC)nn2C1.I. The highest BCUT2D eigenvalue weighted by Crippen LogP contribution is 2.20. The van der Waals surface area contributed by atoms with Gasteiger partial charge in [-0.25, -0.2) is 14.7 Å². The highest BCUT2D eigenvalue weighted by Gasteiger charge is 2.22. The van der Waals surface area contributed by atoms with Crippen LogP contribution in [0.2, 0.25) is 0 Å². The van der Waals surface area contributed by atoms with Crippen LogP contribution in [-0.4, -0.2) is 40.4 Å². The first kappa shape index (κ1) is 26.0. The highest BCUT2D eigenvalue weighted by molar-refractivity contribution is 14.0. The summed E-state index contributed by atoms with van der Waals surface area (Å²) in [6.45, 7) is 5.12. The van der Waals surface area contributed by atoms with Crippen LogP contribution in [0, 0.1) is 0 Å². The highest BCUT2D eigenvalue weighted by atomic mass is 127. The molecule has 4 rings (SSSR count). The smallest absolute Gasteiger partial charge is 0.191 e. The summed E-state index contributed by atoms with van der Waals surface area (Å²) in [5.74, 6) is 3.41. The van der Waals surface area contributed by atoms with E-state index < -0.39 is 0 Å². The van der Waals surface area contributed by atoms with Crippen LogP contribution in [0.3, 0.4) is 0 Å². The molecule has 0 spiro atoms. The van der Waals surface area contributed by atoms with Crippen molar-refractivity contribution in [2.75, 3.05) is 13.7 Å². The van der Waals surface area contributed by atoms with Crippen LogP contribution >= 0.6 is 24.0 Å². The molecule has 1 atom stereocenters. The molecule has 1 unspecified atom stereocenters. The van der Waals surface area contributed by atoms with Crippen LogP contribution in [0.4, 0.5) is 0 Å². The molecule has 2 N–H and O–H groups in total. The molecule has 0 amide bonds. The van der Waals surface area contributed by atoms with Gasteiger partial charge in [0.05, 0.1) is 13.1 Å². The van der Waals surface area contributed by atoms with Crippen LogP contribution in [0.15, 0.2) is 59.6 Å². The van der Waals surface area contributed by atoms with Gasteiger partial charge >= 0.3 is 0 Å². The Morgan fingerprint density at radius 3 is 2.71 bits per heavy atom. The second-order valence-electron chi connectivity index (χ2n) is 8.02. The first-order valence-corrected chi connectivity index (χ1v) is 11.5. The Balaban J connectivity index is 0.00000324. The molecule has 0 saturated heterocycles. The van der Waals surface area contributed by atoms with E-state index in [2.05, 4.69) is 45.8 Å². The summed E-state index contributed by atoms with van der Waals surface area (Å²) in [7, 11) is 1.66. The predicted molar refractivity (Wildman–Crippen MR) is 143 cm³/mol. The lowest BCUT2D eigenvalue weighted by molar-refractivity contribution is 0.177.